The third kappa shape index (κ3) is 3.11. The van der Waals surface area contributed by atoms with Gasteiger partial charge in [0.25, 0.3) is 0 Å². The molecule has 154 valence electrons. The molecule has 0 bridgehead atoms. The van der Waals surface area contributed by atoms with E-state index in [1.807, 2.05) is 18.3 Å². The van der Waals surface area contributed by atoms with Crippen LogP contribution in [0.1, 0.15) is 25.0 Å². The number of hydrogen-bond donors (Lipinski definition) is 2. The van der Waals surface area contributed by atoms with Crippen LogP contribution in [-0.2, 0) is 13.0 Å². The number of rotatable bonds is 4. The lowest BCUT2D eigenvalue weighted by Crippen LogP contribution is -2.52. The van der Waals surface area contributed by atoms with Crippen molar-refractivity contribution < 1.29 is 5.11 Å². The van der Waals surface area contributed by atoms with Crippen molar-refractivity contribution in [2.75, 3.05) is 24.5 Å². The van der Waals surface area contributed by atoms with Gasteiger partial charge < -0.3 is 15.3 Å². The Bertz CT molecular complexity index is 1070. The number of nitrogens with one attached hydrogen (secondary N) is 1. The Morgan fingerprint density at radius 1 is 1.07 bits per heavy atom. The van der Waals surface area contributed by atoms with Crippen molar-refractivity contribution in [1.82, 2.24) is 30.3 Å². The van der Waals surface area contributed by atoms with E-state index in [1.165, 1.54) is 18.5 Å². The van der Waals surface area contributed by atoms with Crippen molar-refractivity contribution in [3.8, 4) is 28.1 Å². The Labute approximate surface area is 175 Å². The van der Waals surface area contributed by atoms with Gasteiger partial charge in [-0.15, -0.1) is 10.2 Å². The van der Waals surface area contributed by atoms with E-state index in [0.717, 1.165) is 56.1 Å². The molecular weight excluding hydrogens is 378 g/mol. The molecule has 30 heavy (non-hydrogen) atoms. The summed E-state index contributed by atoms with van der Waals surface area (Å²) in [5.74, 6) is 1.65. The molecule has 1 saturated carbocycles. The second-order valence-corrected chi connectivity index (χ2v) is 8.55. The summed E-state index contributed by atoms with van der Waals surface area (Å²) in [5.41, 5.74) is 4.54. The lowest BCUT2D eigenvalue weighted by Gasteiger charge is -2.33. The molecule has 1 saturated heterocycles. The van der Waals surface area contributed by atoms with Crippen LogP contribution in [0, 0.1) is 5.92 Å². The van der Waals surface area contributed by atoms with Crippen molar-refractivity contribution in [3.05, 3.63) is 36.3 Å². The molecule has 1 aromatic carbocycles. The number of anilines is 1. The first-order valence-electron chi connectivity index (χ1n) is 10.8. The first kappa shape index (κ1) is 17.8. The zero-order valence-electron chi connectivity index (χ0n) is 16.8. The Morgan fingerprint density at radius 3 is 2.80 bits per heavy atom. The van der Waals surface area contributed by atoms with Gasteiger partial charge in [0.1, 0.15) is 11.4 Å². The first-order chi connectivity index (χ1) is 14.8. The van der Waals surface area contributed by atoms with Gasteiger partial charge in [-0.2, -0.15) is 5.10 Å². The monoisotopic (exact) mass is 403 g/mol. The predicted octanol–water partition coefficient (Wildman–Crippen LogP) is 2.24. The van der Waals surface area contributed by atoms with E-state index in [1.54, 1.807) is 12.3 Å². The predicted molar refractivity (Wildman–Crippen MR) is 113 cm³/mol. The summed E-state index contributed by atoms with van der Waals surface area (Å²) in [4.78, 5) is 6.76. The molecule has 2 N–H and O–H groups in total. The molecule has 2 aliphatic heterocycles. The van der Waals surface area contributed by atoms with Gasteiger partial charge in [-0.1, -0.05) is 6.07 Å². The van der Waals surface area contributed by atoms with Crippen LogP contribution in [0.5, 0.6) is 5.75 Å². The molecular formula is C22H25N7O. The van der Waals surface area contributed by atoms with E-state index in [-0.39, 0.29) is 5.75 Å². The van der Waals surface area contributed by atoms with Crippen molar-refractivity contribution in [2.45, 2.75) is 38.3 Å². The molecule has 1 atom stereocenters. The Balaban J connectivity index is 1.23. The summed E-state index contributed by atoms with van der Waals surface area (Å²) in [6.07, 6.45) is 8.40. The topological polar surface area (TPSA) is 92.0 Å². The highest BCUT2D eigenvalue weighted by Gasteiger charge is 2.34. The third-order valence-electron chi connectivity index (χ3n) is 6.55. The second kappa shape index (κ2) is 7.05. The fourth-order valence-electron chi connectivity index (χ4n) is 4.73. The van der Waals surface area contributed by atoms with Gasteiger partial charge in [-0.3, -0.25) is 4.68 Å². The molecule has 8 heteroatoms. The minimum atomic E-state index is 0.185. The van der Waals surface area contributed by atoms with Gasteiger partial charge in [0.2, 0.25) is 5.95 Å². The van der Waals surface area contributed by atoms with Crippen LogP contribution >= 0.6 is 0 Å². The summed E-state index contributed by atoms with van der Waals surface area (Å²) in [7, 11) is 0. The normalized spacial score (nSPS) is 21.1. The zero-order valence-corrected chi connectivity index (χ0v) is 16.8. The SMILES string of the molecule is Oc1cc(-c2cnn3c2CCC3)ccc1-c1cnc(N2CCN[C@@H](C3CC3)C2)nn1. The second-order valence-electron chi connectivity index (χ2n) is 8.55. The highest BCUT2D eigenvalue weighted by molar-refractivity contribution is 5.75. The summed E-state index contributed by atoms with van der Waals surface area (Å²) in [5, 5.41) is 27.5. The van der Waals surface area contributed by atoms with Crippen LogP contribution in [-0.4, -0.2) is 55.7 Å². The van der Waals surface area contributed by atoms with E-state index >= 15 is 0 Å². The zero-order chi connectivity index (χ0) is 20.1. The smallest absolute Gasteiger partial charge is 0.245 e. The Morgan fingerprint density at radius 2 is 2.00 bits per heavy atom. The Hall–Kier alpha value is -3.00. The van der Waals surface area contributed by atoms with E-state index in [2.05, 4.69) is 35.2 Å². The number of phenolic OH excluding ortho intramolecular Hbond substituents is 1. The molecule has 0 radical (unpaired) electrons. The number of phenols is 1. The molecule has 0 unspecified atom stereocenters. The maximum Gasteiger partial charge on any atom is 0.245 e. The van der Waals surface area contributed by atoms with Crippen molar-refractivity contribution in [2.24, 2.45) is 5.92 Å². The van der Waals surface area contributed by atoms with Crippen LogP contribution in [0.4, 0.5) is 5.95 Å². The van der Waals surface area contributed by atoms with Gasteiger partial charge in [0, 0.05) is 49.0 Å². The lowest BCUT2D eigenvalue weighted by molar-refractivity contribution is 0.414. The van der Waals surface area contributed by atoms with Crippen LogP contribution in [0.15, 0.2) is 30.6 Å². The Kier molecular flexibility index (Phi) is 4.19. The molecule has 3 aliphatic rings. The van der Waals surface area contributed by atoms with E-state index in [0.29, 0.717) is 23.2 Å². The summed E-state index contributed by atoms with van der Waals surface area (Å²) in [6, 6.07) is 6.22. The number of benzene rings is 1. The number of hydrogen-bond acceptors (Lipinski definition) is 7. The molecule has 3 aromatic rings. The number of fused-ring (bicyclic) bond motifs is 1. The molecule has 8 nitrogen and oxygen atoms in total. The number of aryl methyl sites for hydroxylation is 1. The van der Waals surface area contributed by atoms with E-state index < -0.39 is 0 Å². The summed E-state index contributed by atoms with van der Waals surface area (Å²) >= 11 is 0. The van der Waals surface area contributed by atoms with E-state index in [4.69, 9.17) is 0 Å². The number of piperazine rings is 1. The largest absolute Gasteiger partial charge is 0.507 e. The molecule has 1 aliphatic carbocycles. The summed E-state index contributed by atoms with van der Waals surface area (Å²) < 4.78 is 2.05. The van der Waals surface area contributed by atoms with Crippen LogP contribution < -0.4 is 10.2 Å². The van der Waals surface area contributed by atoms with Crippen LogP contribution in [0.2, 0.25) is 0 Å². The third-order valence-corrected chi connectivity index (χ3v) is 6.55. The molecule has 0 spiro atoms. The maximum atomic E-state index is 10.7. The molecule has 2 fully saturated rings. The molecule has 4 heterocycles. The standard InChI is InChI=1S/C22H25N7O/c30-21-10-15(17-11-25-29-8-1-2-20(17)29)5-6-16(21)18-12-24-22(27-26-18)28-9-7-23-19(13-28)14-3-4-14/h5-6,10-12,14,19,23,30H,1-4,7-9,13H2/t19-/m1/s1. The first-order valence-corrected chi connectivity index (χ1v) is 10.8. The number of aromatic hydroxyl groups is 1. The minimum Gasteiger partial charge on any atom is -0.507 e. The average molecular weight is 403 g/mol. The minimum absolute atomic E-state index is 0.185. The van der Waals surface area contributed by atoms with Gasteiger partial charge in [0.05, 0.1) is 12.4 Å². The molecule has 0 amide bonds. The van der Waals surface area contributed by atoms with Gasteiger partial charge >= 0.3 is 0 Å². The quantitative estimate of drug-likeness (QED) is 0.690. The fraction of sp³-hybridized carbons (Fsp3) is 0.455. The van der Waals surface area contributed by atoms with Crippen molar-refractivity contribution in [1.29, 1.82) is 0 Å². The molecule has 2 aromatic heterocycles. The van der Waals surface area contributed by atoms with Crippen molar-refractivity contribution >= 4 is 5.95 Å². The number of aromatic nitrogens is 5. The highest BCUT2D eigenvalue weighted by atomic mass is 16.3. The van der Waals surface area contributed by atoms with E-state index in [9.17, 15) is 5.11 Å². The van der Waals surface area contributed by atoms with Gasteiger partial charge in [0.15, 0.2) is 0 Å². The highest BCUT2D eigenvalue weighted by Crippen LogP contribution is 2.36. The van der Waals surface area contributed by atoms with Crippen molar-refractivity contribution in [3.63, 3.8) is 0 Å². The maximum absolute atomic E-state index is 10.7. The van der Waals surface area contributed by atoms with Gasteiger partial charge in [-0.25, -0.2) is 4.98 Å². The van der Waals surface area contributed by atoms with Crippen LogP contribution in [0.3, 0.4) is 0 Å². The summed E-state index contributed by atoms with van der Waals surface area (Å²) in [6.45, 7) is 3.75. The van der Waals surface area contributed by atoms with Gasteiger partial charge in [-0.05, 0) is 49.3 Å². The molecule has 6 rings (SSSR count). The van der Waals surface area contributed by atoms with Crippen LogP contribution in [0.25, 0.3) is 22.4 Å². The number of nitrogens with zero attached hydrogens (tertiary/aromatic N) is 6. The lowest BCUT2D eigenvalue weighted by atomic mass is 10.0. The fourth-order valence-corrected chi connectivity index (χ4v) is 4.73. The average Bonchev–Trinajstić information content (AvgIpc) is 3.40.